The summed E-state index contributed by atoms with van der Waals surface area (Å²) in [6.45, 7) is 1.22. The Hall–Kier alpha value is -2.63. The van der Waals surface area contributed by atoms with E-state index in [4.69, 9.17) is 16.3 Å². The fourth-order valence-corrected chi connectivity index (χ4v) is 4.55. The van der Waals surface area contributed by atoms with Crippen LogP contribution in [0.15, 0.2) is 78.9 Å². The van der Waals surface area contributed by atoms with Crippen LogP contribution in [-0.4, -0.2) is 23.2 Å². The number of carbonyl (C=O) groups excluding carboxylic acids is 1. The lowest BCUT2D eigenvalue weighted by Gasteiger charge is -2.25. The van der Waals surface area contributed by atoms with Crippen LogP contribution in [0.5, 0.6) is 5.75 Å². The molecule has 2 amide bonds. The van der Waals surface area contributed by atoms with Gasteiger partial charge in [-0.05, 0) is 47.5 Å². The van der Waals surface area contributed by atoms with E-state index < -0.39 is 0 Å². The first-order valence-electron chi connectivity index (χ1n) is 9.40. The number of anilines is 1. The number of nitrogens with one attached hydrogen (secondary N) is 1. The van der Waals surface area contributed by atoms with Gasteiger partial charge in [0.1, 0.15) is 17.7 Å². The number of hydrogen-bond donors (Lipinski definition) is 1. The summed E-state index contributed by atoms with van der Waals surface area (Å²) < 4.78 is 5.95. The number of thioether (sulfide) groups is 1. The Labute approximate surface area is 179 Å². The molecule has 4 nitrogen and oxygen atoms in total. The quantitative estimate of drug-likeness (QED) is 0.530. The average molecular weight is 425 g/mol. The van der Waals surface area contributed by atoms with Crippen LogP contribution in [0.25, 0.3) is 0 Å². The molecule has 1 N–H and O–H groups in total. The average Bonchev–Trinajstić information content (AvgIpc) is 3.25. The first-order valence-corrected chi connectivity index (χ1v) is 10.8. The minimum atomic E-state index is -0.113. The van der Waals surface area contributed by atoms with Gasteiger partial charge in [-0.15, -0.1) is 11.8 Å². The van der Waals surface area contributed by atoms with Crippen LogP contribution in [0.1, 0.15) is 16.5 Å². The summed E-state index contributed by atoms with van der Waals surface area (Å²) in [4.78, 5) is 14.7. The molecule has 0 spiro atoms. The van der Waals surface area contributed by atoms with Gasteiger partial charge in [0, 0.05) is 23.0 Å². The summed E-state index contributed by atoms with van der Waals surface area (Å²) in [7, 11) is 0. The molecule has 4 rings (SSSR count). The molecule has 0 radical (unpaired) electrons. The van der Waals surface area contributed by atoms with Crippen LogP contribution in [0.4, 0.5) is 10.5 Å². The van der Waals surface area contributed by atoms with Gasteiger partial charge in [-0.2, -0.15) is 0 Å². The molecule has 1 atom stereocenters. The SMILES string of the molecule is O=C(Nc1ccc(Cl)cc1)N1CCSC1c1cccc(OCc2ccccc2)c1. The third-order valence-electron chi connectivity index (χ3n) is 4.64. The van der Waals surface area contributed by atoms with E-state index in [1.165, 1.54) is 0 Å². The van der Waals surface area contributed by atoms with Crippen molar-refractivity contribution >= 4 is 35.1 Å². The minimum absolute atomic E-state index is 0.0393. The van der Waals surface area contributed by atoms with Gasteiger partial charge in [0.25, 0.3) is 0 Å². The van der Waals surface area contributed by atoms with E-state index in [0.717, 1.165) is 28.3 Å². The standard InChI is InChI=1S/C23H21ClN2O2S/c24-19-9-11-20(12-10-19)25-23(27)26-13-14-29-22(26)18-7-4-8-21(15-18)28-16-17-5-2-1-3-6-17/h1-12,15,22H,13-14,16H2,(H,25,27). The van der Waals surface area contributed by atoms with E-state index in [2.05, 4.69) is 5.32 Å². The van der Waals surface area contributed by atoms with Crippen molar-refractivity contribution < 1.29 is 9.53 Å². The molecule has 1 fully saturated rings. The second-order valence-corrected chi connectivity index (χ2v) is 8.32. The van der Waals surface area contributed by atoms with Crippen LogP contribution < -0.4 is 10.1 Å². The topological polar surface area (TPSA) is 41.6 Å². The van der Waals surface area contributed by atoms with E-state index in [0.29, 0.717) is 18.2 Å². The van der Waals surface area contributed by atoms with Gasteiger partial charge in [0.15, 0.2) is 0 Å². The number of benzene rings is 3. The Kier molecular flexibility index (Phi) is 6.27. The molecule has 3 aromatic carbocycles. The first kappa shape index (κ1) is 19.7. The number of carbonyl (C=O) groups is 1. The molecule has 0 aromatic heterocycles. The smallest absolute Gasteiger partial charge is 0.323 e. The predicted molar refractivity (Wildman–Crippen MR) is 120 cm³/mol. The van der Waals surface area contributed by atoms with Crippen molar-refractivity contribution in [2.45, 2.75) is 12.0 Å². The minimum Gasteiger partial charge on any atom is -0.489 e. The summed E-state index contributed by atoms with van der Waals surface area (Å²) in [6, 6.07) is 25.1. The van der Waals surface area contributed by atoms with E-state index in [1.54, 1.807) is 36.0 Å². The van der Waals surface area contributed by atoms with Crippen molar-refractivity contribution in [2.75, 3.05) is 17.6 Å². The zero-order chi connectivity index (χ0) is 20.1. The molecule has 1 heterocycles. The van der Waals surface area contributed by atoms with Crippen LogP contribution in [-0.2, 0) is 6.61 Å². The molecule has 29 heavy (non-hydrogen) atoms. The van der Waals surface area contributed by atoms with Gasteiger partial charge in [-0.1, -0.05) is 54.1 Å². The van der Waals surface area contributed by atoms with Gasteiger partial charge < -0.3 is 15.0 Å². The summed E-state index contributed by atoms with van der Waals surface area (Å²) >= 11 is 7.68. The van der Waals surface area contributed by atoms with Gasteiger partial charge in [0.05, 0.1) is 0 Å². The highest BCUT2D eigenvalue weighted by Gasteiger charge is 2.31. The number of urea groups is 1. The molecule has 6 heteroatoms. The van der Waals surface area contributed by atoms with Gasteiger partial charge in [0.2, 0.25) is 0 Å². The van der Waals surface area contributed by atoms with Crippen molar-refractivity contribution in [1.82, 2.24) is 4.90 Å². The van der Waals surface area contributed by atoms with Crippen molar-refractivity contribution in [1.29, 1.82) is 0 Å². The fourth-order valence-electron chi connectivity index (χ4n) is 3.18. The summed E-state index contributed by atoms with van der Waals surface area (Å²) in [5.74, 6) is 1.70. The molecule has 1 saturated heterocycles. The second kappa shape index (κ2) is 9.25. The van der Waals surface area contributed by atoms with Crippen molar-refractivity contribution in [3.8, 4) is 5.75 Å². The van der Waals surface area contributed by atoms with Crippen LogP contribution >= 0.6 is 23.4 Å². The fraction of sp³-hybridized carbons (Fsp3) is 0.174. The Bertz CT molecular complexity index is 966. The molecule has 1 unspecified atom stereocenters. The Morgan fingerprint density at radius 2 is 1.86 bits per heavy atom. The molecule has 0 aliphatic carbocycles. The molecule has 0 bridgehead atoms. The van der Waals surface area contributed by atoms with Crippen LogP contribution in [0, 0.1) is 0 Å². The highest BCUT2D eigenvalue weighted by atomic mass is 35.5. The summed E-state index contributed by atoms with van der Waals surface area (Å²) in [5, 5.41) is 3.56. The van der Waals surface area contributed by atoms with Crippen molar-refractivity contribution in [3.63, 3.8) is 0 Å². The summed E-state index contributed by atoms with van der Waals surface area (Å²) in [6.07, 6.45) is 0. The summed E-state index contributed by atoms with van der Waals surface area (Å²) in [5.41, 5.74) is 2.91. The molecule has 148 valence electrons. The monoisotopic (exact) mass is 424 g/mol. The maximum atomic E-state index is 12.8. The largest absolute Gasteiger partial charge is 0.489 e. The lowest BCUT2D eigenvalue weighted by atomic mass is 10.2. The third kappa shape index (κ3) is 5.05. The molecule has 1 aliphatic heterocycles. The van der Waals surface area contributed by atoms with Gasteiger partial charge >= 0.3 is 6.03 Å². The number of ether oxygens (including phenoxy) is 1. The normalized spacial score (nSPS) is 15.9. The van der Waals surface area contributed by atoms with Crippen LogP contribution in [0.2, 0.25) is 5.02 Å². The maximum absolute atomic E-state index is 12.8. The number of rotatable bonds is 5. The highest BCUT2D eigenvalue weighted by Crippen LogP contribution is 2.39. The first-order chi connectivity index (χ1) is 14.2. The lowest BCUT2D eigenvalue weighted by Crippen LogP contribution is -2.34. The van der Waals surface area contributed by atoms with E-state index in [1.807, 2.05) is 59.5 Å². The van der Waals surface area contributed by atoms with Gasteiger partial charge in [-0.3, -0.25) is 0 Å². The Morgan fingerprint density at radius 3 is 2.66 bits per heavy atom. The number of halogens is 1. The second-order valence-electron chi connectivity index (χ2n) is 6.70. The Morgan fingerprint density at radius 1 is 1.07 bits per heavy atom. The van der Waals surface area contributed by atoms with Crippen molar-refractivity contribution in [3.05, 3.63) is 95.0 Å². The molecule has 1 aliphatic rings. The molecular weight excluding hydrogens is 404 g/mol. The zero-order valence-corrected chi connectivity index (χ0v) is 17.3. The van der Waals surface area contributed by atoms with E-state index in [-0.39, 0.29) is 11.4 Å². The molecule has 0 saturated carbocycles. The Balaban J connectivity index is 1.44. The van der Waals surface area contributed by atoms with E-state index in [9.17, 15) is 4.79 Å². The number of amides is 2. The zero-order valence-electron chi connectivity index (χ0n) is 15.8. The van der Waals surface area contributed by atoms with Crippen LogP contribution in [0.3, 0.4) is 0 Å². The predicted octanol–water partition coefficient (Wildman–Crippen LogP) is 6.20. The maximum Gasteiger partial charge on any atom is 0.323 e. The third-order valence-corrected chi connectivity index (χ3v) is 6.15. The molecular formula is C23H21ClN2O2S. The lowest BCUT2D eigenvalue weighted by molar-refractivity contribution is 0.214. The van der Waals surface area contributed by atoms with Gasteiger partial charge in [-0.25, -0.2) is 4.79 Å². The highest BCUT2D eigenvalue weighted by molar-refractivity contribution is 7.99. The number of nitrogens with zero attached hydrogens (tertiary/aromatic N) is 1. The number of hydrogen-bond acceptors (Lipinski definition) is 3. The van der Waals surface area contributed by atoms with Crippen molar-refractivity contribution in [2.24, 2.45) is 0 Å². The molecule has 3 aromatic rings. The van der Waals surface area contributed by atoms with E-state index >= 15 is 0 Å².